The highest BCUT2D eigenvalue weighted by Gasteiger charge is 2.30. The summed E-state index contributed by atoms with van der Waals surface area (Å²) in [6.45, 7) is 7.12. The molecule has 0 spiro atoms. The van der Waals surface area contributed by atoms with Gasteiger partial charge in [0.1, 0.15) is 10.7 Å². The van der Waals surface area contributed by atoms with E-state index in [1.807, 2.05) is 31.4 Å². The summed E-state index contributed by atoms with van der Waals surface area (Å²) in [5.41, 5.74) is 0.947. The minimum absolute atomic E-state index is 0.176. The quantitative estimate of drug-likeness (QED) is 0.901. The zero-order valence-corrected chi connectivity index (χ0v) is 14.8. The molecular weight excluding hydrogens is 324 g/mol. The third kappa shape index (κ3) is 3.57. The van der Waals surface area contributed by atoms with E-state index in [0.717, 1.165) is 30.2 Å². The van der Waals surface area contributed by atoms with E-state index < -0.39 is 5.54 Å². The van der Waals surface area contributed by atoms with Gasteiger partial charge in [-0.3, -0.25) is 9.78 Å². The van der Waals surface area contributed by atoms with Gasteiger partial charge in [-0.2, -0.15) is 0 Å². The van der Waals surface area contributed by atoms with E-state index in [9.17, 15) is 4.79 Å². The summed E-state index contributed by atoms with van der Waals surface area (Å²) in [5, 5.41) is 5.92. The Bertz CT molecular complexity index is 686. The number of thiazole rings is 1. The topological polar surface area (TPSA) is 67.4 Å². The van der Waals surface area contributed by atoms with Crippen molar-refractivity contribution in [2.75, 3.05) is 31.2 Å². The summed E-state index contributed by atoms with van der Waals surface area (Å²) in [4.78, 5) is 23.5. The van der Waals surface area contributed by atoms with Crippen molar-refractivity contribution in [1.82, 2.24) is 15.3 Å². The van der Waals surface area contributed by atoms with Crippen LogP contribution in [0.3, 0.4) is 0 Å². The molecule has 0 aliphatic carbocycles. The standard InChI is InChI=1S/C17H22N4O2S/c1-3-17(2,16-19-6-11-24-16)20-15(22)14-12-13(4-5-18-14)21-7-9-23-10-8-21/h4-6,11-12H,3,7-10H2,1-2H3,(H,20,22). The second-order valence-electron chi connectivity index (χ2n) is 5.98. The number of carbonyl (C=O) groups is 1. The molecule has 1 unspecified atom stereocenters. The predicted octanol–water partition coefficient (Wildman–Crippen LogP) is 2.43. The molecule has 0 aromatic carbocycles. The first-order chi connectivity index (χ1) is 11.6. The average Bonchev–Trinajstić information content (AvgIpc) is 3.18. The van der Waals surface area contributed by atoms with Gasteiger partial charge in [-0.05, 0) is 25.5 Å². The molecule has 0 bridgehead atoms. The maximum absolute atomic E-state index is 12.7. The first-order valence-electron chi connectivity index (χ1n) is 8.13. The van der Waals surface area contributed by atoms with Gasteiger partial charge in [-0.15, -0.1) is 11.3 Å². The summed E-state index contributed by atoms with van der Waals surface area (Å²) in [6, 6.07) is 3.78. The van der Waals surface area contributed by atoms with Gasteiger partial charge in [0, 0.05) is 36.6 Å². The van der Waals surface area contributed by atoms with Crippen LogP contribution in [-0.2, 0) is 10.3 Å². The van der Waals surface area contributed by atoms with E-state index in [1.165, 1.54) is 0 Å². The molecule has 1 N–H and O–H groups in total. The van der Waals surface area contributed by atoms with Crippen molar-refractivity contribution in [3.63, 3.8) is 0 Å². The smallest absolute Gasteiger partial charge is 0.270 e. The molecule has 7 heteroatoms. The van der Waals surface area contributed by atoms with Crippen LogP contribution in [0.25, 0.3) is 0 Å². The van der Waals surface area contributed by atoms with Crippen LogP contribution in [0.4, 0.5) is 5.69 Å². The lowest BCUT2D eigenvalue weighted by molar-refractivity contribution is 0.0896. The molecule has 128 valence electrons. The molecule has 24 heavy (non-hydrogen) atoms. The fourth-order valence-corrected chi connectivity index (χ4v) is 3.49. The number of hydrogen-bond donors (Lipinski definition) is 1. The molecule has 1 aliphatic rings. The van der Waals surface area contributed by atoms with Crippen molar-refractivity contribution in [3.8, 4) is 0 Å². The number of aromatic nitrogens is 2. The van der Waals surface area contributed by atoms with Gasteiger partial charge in [0.15, 0.2) is 0 Å². The molecule has 1 amide bonds. The monoisotopic (exact) mass is 346 g/mol. The van der Waals surface area contributed by atoms with E-state index in [4.69, 9.17) is 4.74 Å². The van der Waals surface area contributed by atoms with E-state index in [2.05, 4.69) is 20.2 Å². The average molecular weight is 346 g/mol. The fourth-order valence-electron chi connectivity index (χ4n) is 2.67. The first kappa shape index (κ1) is 16.9. The Labute approximate surface area is 145 Å². The normalized spacial score (nSPS) is 17.3. The lowest BCUT2D eigenvalue weighted by Gasteiger charge is -2.29. The van der Waals surface area contributed by atoms with Gasteiger partial charge in [0.25, 0.3) is 5.91 Å². The number of nitrogens with zero attached hydrogens (tertiary/aromatic N) is 3. The number of amides is 1. The van der Waals surface area contributed by atoms with Crippen LogP contribution in [-0.4, -0.2) is 42.2 Å². The van der Waals surface area contributed by atoms with Gasteiger partial charge in [-0.1, -0.05) is 6.92 Å². The Balaban J connectivity index is 1.77. The molecule has 6 nitrogen and oxygen atoms in total. The van der Waals surface area contributed by atoms with Crippen molar-refractivity contribution in [3.05, 3.63) is 40.6 Å². The van der Waals surface area contributed by atoms with Gasteiger partial charge in [0.05, 0.1) is 18.8 Å². The van der Waals surface area contributed by atoms with Gasteiger partial charge < -0.3 is 15.0 Å². The second kappa shape index (κ2) is 7.27. The summed E-state index contributed by atoms with van der Waals surface area (Å²) >= 11 is 1.55. The van der Waals surface area contributed by atoms with Crippen LogP contribution in [0, 0.1) is 0 Å². The van der Waals surface area contributed by atoms with E-state index in [1.54, 1.807) is 23.7 Å². The lowest BCUT2D eigenvalue weighted by atomic mass is 9.99. The van der Waals surface area contributed by atoms with Gasteiger partial charge in [0.2, 0.25) is 0 Å². The third-order valence-electron chi connectivity index (χ3n) is 4.35. The Kier molecular flexibility index (Phi) is 5.11. The zero-order chi connectivity index (χ0) is 17.0. The Morgan fingerprint density at radius 3 is 2.83 bits per heavy atom. The number of pyridine rings is 1. The molecule has 3 heterocycles. The number of carbonyl (C=O) groups excluding carboxylic acids is 1. The molecule has 3 rings (SSSR count). The summed E-state index contributed by atoms with van der Waals surface area (Å²) in [7, 11) is 0. The highest BCUT2D eigenvalue weighted by Crippen LogP contribution is 2.27. The van der Waals surface area contributed by atoms with Crippen molar-refractivity contribution in [1.29, 1.82) is 0 Å². The van der Waals surface area contributed by atoms with Crippen LogP contribution in [0.1, 0.15) is 35.8 Å². The molecular formula is C17H22N4O2S. The van der Waals surface area contributed by atoms with Crippen molar-refractivity contribution in [2.24, 2.45) is 0 Å². The summed E-state index contributed by atoms with van der Waals surface area (Å²) < 4.78 is 5.38. The molecule has 0 radical (unpaired) electrons. The maximum Gasteiger partial charge on any atom is 0.270 e. The number of anilines is 1. The summed E-state index contributed by atoms with van der Waals surface area (Å²) in [6.07, 6.45) is 4.21. The summed E-state index contributed by atoms with van der Waals surface area (Å²) in [5.74, 6) is -0.176. The molecule has 1 aliphatic heterocycles. The molecule has 0 saturated carbocycles. The van der Waals surface area contributed by atoms with E-state index in [0.29, 0.717) is 18.9 Å². The number of hydrogen-bond acceptors (Lipinski definition) is 6. The zero-order valence-electron chi connectivity index (χ0n) is 14.0. The minimum Gasteiger partial charge on any atom is -0.378 e. The van der Waals surface area contributed by atoms with Crippen molar-refractivity contribution >= 4 is 22.9 Å². The Hall–Kier alpha value is -1.99. The molecule has 2 aromatic heterocycles. The fraction of sp³-hybridized carbons (Fsp3) is 0.471. The second-order valence-corrected chi connectivity index (χ2v) is 6.87. The Morgan fingerprint density at radius 1 is 1.38 bits per heavy atom. The highest BCUT2D eigenvalue weighted by atomic mass is 32.1. The van der Waals surface area contributed by atoms with Crippen LogP contribution < -0.4 is 10.2 Å². The SMILES string of the molecule is CCC(C)(NC(=O)c1cc(N2CCOCC2)ccn1)c1nccs1. The van der Waals surface area contributed by atoms with Crippen LogP contribution in [0.15, 0.2) is 29.9 Å². The highest BCUT2D eigenvalue weighted by molar-refractivity contribution is 7.09. The van der Waals surface area contributed by atoms with Crippen LogP contribution in [0.5, 0.6) is 0 Å². The molecule has 1 saturated heterocycles. The third-order valence-corrected chi connectivity index (χ3v) is 5.39. The maximum atomic E-state index is 12.7. The largest absolute Gasteiger partial charge is 0.378 e. The Morgan fingerprint density at radius 2 is 2.17 bits per heavy atom. The van der Waals surface area contributed by atoms with Gasteiger partial charge >= 0.3 is 0 Å². The molecule has 1 atom stereocenters. The molecule has 1 fully saturated rings. The van der Waals surface area contributed by atoms with Crippen molar-refractivity contribution in [2.45, 2.75) is 25.8 Å². The minimum atomic E-state index is -0.484. The first-order valence-corrected chi connectivity index (χ1v) is 9.01. The number of ether oxygens (including phenoxy) is 1. The number of morpholine rings is 1. The number of rotatable bonds is 5. The van der Waals surface area contributed by atoms with Crippen LogP contribution in [0.2, 0.25) is 0 Å². The predicted molar refractivity (Wildman–Crippen MR) is 94.5 cm³/mol. The lowest BCUT2D eigenvalue weighted by Crippen LogP contribution is -2.43. The molecule has 2 aromatic rings. The van der Waals surface area contributed by atoms with Crippen LogP contribution >= 0.6 is 11.3 Å². The van der Waals surface area contributed by atoms with E-state index in [-0.39, 0.29) is 5.91 Å². The van der Waals surface area contributed by atoms with Crippen molar-refractivity contribution < 1.29 is 9.53 Å². The number of nitrogens with one attached hydrogen (secondary N) is 1. The van der Waals surface area contributed by atoms with E-state index >= 15 is 0 Å². The van der Waals surface area contributed by atoms with Gasteiger partial charge in [-0.25, -0.2) is 4.98 Å².